The molecule has 1 N–H and O–H groups in total. The van der Waals surface area contributed by atoms with Gasteiger partial charge in [0.25, 0.3) is 5.91 Å². The SMILES string of the molecule is CCc1ccc(C2COCCN2C(=O)c2ccc(C(=O)O)s2)o1. The molecule has 1 atom stereocenters. The molecule has 0 spiro atoms. The summed E-state index contributed by atoms with van der Waals surface area (Å²) in [5, 5.41) is 9.00. The average molecular weight is 335 g/mol. The van der Waals surface area contributed by atoms with Crippen molar-refractivity contribution in [2.24, 2.45) is 0 Å². The summed E-state index contributed by atoms with van der Waals surface area (Å²) in [6.07, 6.45) is 0.786. The number of aryl methyl sites for hydroxylation is 1. The molecule has 0 aliphatic carbocycles. The molecule has 23 heavy (non-hydrogen) atoms. The van der Waals surface area contributed by atoms with Gasteiger partial charge >= 0.3 is 5.97 Å². The molecule has 3 rings (SSSR count). The number of thiophene rings is 1. The summed E-state index contributed by atoms with van der Waals surface area (Å²) in [6, 6.07) is 6.50. The van der Waals surface area contributed by atoms with Crippen LogP contribution in [0.25, 0.3) is 0 Å². The Labute approximate surface area is 137 Å². The van der Waals surface area contributed by atoms with Gasteiger partial charge in [0, 0.05) is 13.0 Å². The van der Waals surface area contributed by atoms with Crippen molar-refractivity contribution in [3.63, 3.8) is 0 Å². The van der Waals surface area contributed by atoms with E-state index in [1.807, 2.05) is 19.1 Å². The Kier molecular flexibility index (Phi) is 4.49. The lowest BCUT2D eigenvalue weighted by Crippen LogP contribution is -2.43. The number of carbonyl (C=O) groups is 2. The predicted molar refractivity (Wildman–Crippen MR) is 84.0 cm³/mol. The van der Waals surface area contributed by atoms with Crippen LogP contribution in [0.15, 0.2) is 28.7 Å². The first-order chi connectivity index (χ1) is 11.1. The Morgan fingerprint density at radius 3 is 2.74 bits per heavy atom. The maximum Gasteiger partial charge on any atom is 0.345 e. The molecule has 3 heterocycles. The predicted octanol–water partition coefficient (Wildman–Crippen LogP) is 2.82. The first-order valence-electron chi connectivity index (χ1n) is 7.40. The van der Waals surface area contributed by atoms with E-state index in [0.29, 0.717) is 30.4 Å². The smallest absolute Gasteiger partial charge is 0.345 e. The Bertz CT molecular complexity index is 720. The number of hydrogen-bond acceptors (Lipinski definition) is 5. The fourth-order valence-electron chi connectivity index (χ4n) is 2.56. The molecule has 1 unspecified atom stereocenters. The zero-order chi connectivity index (χ0) is 16.4. The van der Waals surface area contributed by atoms with E-state index >= 15 is 0 Å². The minimum atomic E-state index is -1.02. The van der Waals surface area contributed by atoms with E-state index in [-0.39, 0.29) is 16.8 Å². The maximum atomic E-state index is 12.7. The van der Waals surface area contributed by atoms with Crippen molar-refractivity contribution in [1.82, 2.24) is 4.90 Å². The van der Waals surface area contributed by atoms with Gasteiger partial charge in [0.05, 0.1) is 18.1 Å². The summed E-state index contributed by atoms with van der Waals surface area (Å²) in [4.78, 5) is 26.0. The molecule has 1 amide bonds. The van der Waals surface area contributed by atoms with Crippen LogP contribution in [0.2, 0.25) is 0 Å². The van der Waals surface area contributed by atoms with Crippen LogP contribution in [0.3, 0.4) is 0 Å². The Morgan fingerprint density at radius 2 is 2.09 bits per heavy atom. The normalized spacial score (nSPS) is 18.1. The molecule has 2 aromatic rings. The van der Waals surface area contributed by atoms with Crippen LogP contribution in [-0.2, 0) is 11.2 Å². The van der Waals surface area contributed by atoms with Gasteiger partial charge in [-0.15, -0.1) is 11.3 Å². The van der Waals surface area contributed by atoms with E-state index in [9.17, 15) is 9.59 Å². The highest BCUT2D eigenvalue weighted by Crippen LogP contribution is 2.29. The topological polar surface area (TPSA) is 80.0 Å². The van der Waals surface area contributed by atoms with Crippen LogP contribution >= 0.6 is 11.3 Å². The quantitative estimate of drug-likeness (QED) is 0.929. The third-order valence-electron chi connectivity index (χ3n) is 3.78. The third kappa shape index (κ3) is 3.16. The van der Waals surface area contributed by atoms with Gasteiger partial charge in [0.1, 0.15) is 22.4 Å². The summed E-state index contributed by atoms with van der Waals surface area (Å²) < 4.78 is 11.3. The van der Waals surface area contributed by atoms with Crippen molar-refractivity contribution in [2.75, 3.05) is 19.8 Å². The first-order valence-corrected chi connectivity index (χ1v) is 8.22. The molecule has 1 aliphatic heterocycles. The minimum Gasteiger partial charge on any atom is -0.477 e. The van der Waals surface area contributed by atoms with Crippen LogP contribution in [0.4, 0.5) is 0 Å². The number of carboxylic acid groups (broad SMARTS) is 1. The fourth-order valence-corrected chi connectivity index (χ4v) is 3.36. The Hall–Kier alpha value is -2.12. The second-order valence-corrected chi connectivity index (χ2v) is 6.30. The van der Waals surface area contributed by atoms with Gasteiger partial charge in [0.15, 0.2) is 0 Å². The lowest BCUT2D eigenvalue weighted by atomic mass is 10.1. The van der Waals surface area contributed by atoms with E-state index in [2.05, 4.69) is 0 Å². The van der Waals surface area contributed by atoms with Crippen LogP contribution in [0.1, 0.15) is 43.8 Å². The van der Waals surface area contributed by atoms with Crippen molar-refractivity contribution >= 4 is 23.2 Å². The lowest BCUT2D eigenvalue weighted by Gasteiger charge is -2.34. The summed E-state index contributed by atoms with van der Waals surface area (Å²) in [6.45, 7) is 3.29. The number of aromatic carboxylic acids is 1. The number of amides is 1. The molecule has 1 saturated heterocycles. The number of hydrogen-bond donors (Lipinski definition) is 1. The van der Waals surface area contributed by atoms with E-state index in [1.165, 1.54) is 6.07 Å². The minimum absolute atomic E-state index is 0.157. The fraction of sp³-hybridized carbons (Fsp3) is 0.375. The van der Waals surface area contributed by atoms with Gasteiger partial charge in [-0.2, -0.15) is 0 Å². The number of rotatable bonds is 4. The largest absolute Gasteiger partial charge is 0.477 e. The molecule has 1 fully saturated rings. The van der Waals surface area contributed by atoms with Gasteiger partial charge < -0.3 is 19.2 Å². The molecular formula is C16H17NO5S. The summed E-state index contributed by atoms with van der Waals surface area (Å²) in [7, 11) is 0. The number of carboxylic acids is 1. The molecule has 122 valence electrons. The molecule has 2 aromatic heterocycles. The number of carbonyl (C=O) groups excluding carboxylic acids is 1. The van der Waals surface area contributed by atoms with Crippen LogP contribution in [0, 0.1) is 0 Å². The molecule has 1 aliphatic rings. The molecule has 0 saturated carbocycles. The Balaban J connectivity index is 1.85. The van der Waals surface area contributed by atoms with Gasteiger partial charge in [-0.3, -0.25) is 4.79 Å². The van der Waals surface area contributed by atoms with Crippen molar-refractivity contribution in [1.29, 1.82) is 0 Å². The van der Waals surface area contributed by atoms with Crippen LogP contribution in [-0.4, -0.2) is 41.6 Å². The summed E-state index contributed by atoms with van der Waals surface area (Å²) in [5.74, 6) is 0.351. The Morgan fingerprint density at radius 1 is 1.30 bits per heavy atom. The molecule has 7 heteroatoms. The van der Waals surface area contributed by atoms with E-state index < -0.39 is 5.97 Å². The van der Waals surface area contributed by atoms with E-state index in [0.717, 1.165) is 23.5 Å². The number of furan rings is 1. The zero-order valence-electron chi connectivity index (χ0n) is 12.7. The third-order valence-corrected chi connectivity index (χ3v) is 4.84. The standard InChI is InChI=1S/C16H17NO5S/c1-2-10-3-4-12(22-10)11-9-21-8-7-17(11)15(18)13-5-6-14(23-13)16(19)20/h3-6,11H,2,7-9H2,1H3,(H,19,20). The van der Waals surface area contributed by atoms with E-state index in [4.69, 9.17) is 14.3 Å². The highest BCUT2D eigenvalue weighted by molar-refractivity contribution is 7.15. The monoisotopic (exact) mass is 335 g/mol. The van der Waals surface area contributed by atoms with Crippen molar-refractivity contribution < 1.29 is 23.8 Å². The lowest BCUT2D eigenvalue weighted by molar-refractivity contribution is -0.00876. The van der Waals surface area contributed by atoms with Gasteiger partial charge in [-0.05, 0) is 24.3 Å². The number of morpholine rings is 1. The molecule has 0 radical (unpaired) electrons. The zero-order valence-corrected chi connectivity index (χ0v) is 13.5. The van der Waals surface area contributed by atoms with Crippen LogP contribution in [0.5, 0.6) is 0 Å². The van der Waals surface area contributed by atoms with Gasteiger partial charge in [-0.25, -0.2) is 4.79 Å². The van der Waals surface area contributed by atoms with E-state index in [1.54, 1.807) is 11.0 Å². The highest BCUT2D eigenvalue weighted by atomic mass is 32.1. The average Bonchev–Trinajstić information content (AvgIpc) is 3.23. The van der Waals surface area contributed by atoms with Crippen molar-refractivity contribution in [3.8, 4) is 0 Å². The maximum absolute atomic E-state index is 12.7. The van der Waals surface area contributed by atoms with Crippen molar-refractivity contribution in [3.05, 3.63) is 45.5 Å². The second-order valence-electron chi connectivity index (χ2n) is 5.22. The second kappa shape index (κ2) is 6.55. The molecule has 0 aromatic carbocycles. The molecular weight excluding hydrogens is 318 g/mol. The summed E-state index contributed by atoms with van der Waals surface area (Å²) in [5.41, 5.74) is 0. The number of ether oxygens (including phenoxy) is 1. The van der Waals surface area contributed by atoms with Crippen molar-refractivity contribution in [2.45, 2.75) is 19.4 Å². The van der Waals surface area contributed by atoms with Gasteiger partial charge in [-0.1, -0.05) is 6.92 Å². The molecule has 0 bridgehead atoms. The highest BCUT2D eigenvalue weighted by Gasteiger charge is 2.32. The van der Waals surface area contributed by atoms with Crippen LogP contribution < -0.4 is 0 Å². The first kappa shape index (κ1) is 15.8. The molecule has 6 nitrogen and oxygen atoms in total. The summed E-state index contributed by atoms with van der Waals surface area (Å²) >= 11 is 0.988. The van der Waals surface area contributed by atoms with Gasteiger partial charge in [0.2, 0.25) is 0 Å². The number of nitrogens with zero attached hydrogens (tertiary/aromatic N) is 1.